The monoisotopic (exact) mass is 348 g/mol. The Labute approximate surface area is 143 Å². The molecule has 0 saturated carbocycles. The Hall–Kier alpha value is -2.54. The SMILES string of the molecule is CSc1ccc(C(=O)NNC(=O)[C@@H](C)Oc2ccccc2F)cc1. The van der Waals surface area contributed by atoms with E-state index in [1.165, 1.54) is 25.1 Å². The van der Waals surface area contributed by atoms with Crippen LogP contribution in [0.3, 0.4) is 0 Å². The van der Waals surface area contributed by atoms with E-state index < -0.39 is 23.7 Å². The van der Waals surface area contributed by atoms with Gasteiger partial charge in [-0.05, 0) is 49.6 Å². The molecule has 0 fully saturated rings. The minimum absolute atomic E-state index is 0.0286. The van der Waals surface area contributed by atoms with Gasteiger partial charge in [-0.15, -0.1) is 11.8 Å². The van der Waals surface area contributed by atoms with Gasteiger partial charge in [-0.1, -0.05) is 12.1 Å². The van der Waals surface area contributed by atoms with Crippen molar-refractivity contribution in [1.82, 2.24) is 10.9 Å². The van der Waals surface area contributed by atoms with Crippen molar-refractivity contribution in [2.45, 2.75) is 17.9 Å². The quantitative estimate of drug-likeness (QED) is 0.644. The van der Waals surface area contributed by atoms with Gasteiger partial charge in [0.2, 0.25) is 0 Å². The molecular weight excluding hydrogens is 331 g/mol. The van der Waals surface area contributed by atoms with Gasteiger partial charge in [-0.2, -0.15) is 0 Å². The van der Waals surface area contributed by atoms with Gasteiger partial charge in [0.05, 0.1) is 0 Å². The van der Waals surface area contributed by atoms with Crippen LogP contribution in [0.4, 0.5) is 4.39 Å². The third kappa shape index (κ3) is 4.73. The van der Waals surface area contributed by atoms with Crippen molar-refractivity contribution < 1.29 is 18.7 Å². The number of carbonyl (C=O) groups is 2. The van der Waals surface area contributed by atoms with Crippen LogP contribution in [0.2, 0.25) is 0 Å². The van der Waals surface area contributed by atoms with Crippen LogP contribution in [0.15, 0.2) is 53.4 Å². The molecule has 2 aromatic rings. The molecule has 0 spiro atoms. The number of para-hydroxylation sites is 1. The molecule has 1 atom stereocenters. The lowest BCUT2D eigenvalue weighted by molar-refractivity contribution is -0.128. The normalized spacial score (nSPS) is 11.5. The predicted molar refractivity (Wildman–Crippen MR) is 90.3 cm³/mol. The lowest BCUT2D eigenvalue weighted by Crippen LogP contribution is -2.47. The molecule has 5 nitrogen and oxygen atoms in total. The number of nitrogens with one attached hydrogen (secondary N) is 2. The molecule has 0 radical (unpaired) electrons. The van der Waals surface area contributed by atoms with Crippen LogP contribution in [-0.4, -0.2) is 24.2 Å². The number of halogens is 1. The molecule has 0 aliphatic heterocycles. The van der Waals surface area contributed by atoms with Crippen LogP contribution in [0.5, 0.6) is 5.75 Å². The molecule has 126 valence electrons. The van der Waals surface area contributed by atoms with Crippen LogP contribution in [0.1, 0.15) is 17.3 Å². The van der Waals surface area contributed by atoms with Crippen molar-refractivity contribution in [3.63, 3.8) is 0 Å². The first-order valence-corrected chi connectivity index (χ1v) is 8.39. The van der Waals surface area contributed by atoms with E-state index in [9.17, 15) is 14.0 Å². The van der Waals surface area contributed by atoms with Crippen LogP contribution in [-0.2, 0) is 4.79 Å². The number of carbonyl (C=O) groups excluding carboxylic acids is 2. The molecule has 2 amide bonds. The lowest BCUT2D eigenvalue weighted by Gasteiger charge is -2.15. The van der Waals surface area contributed by atoms with E-state index in [-0.39, 0.29) is 5.75 Å². The number of rotatable bonds is 5. The number of thioether (sulfide) groups is 1. The van der Waals surface area contributed by atoms with Crippen LogP contribution < -0.4 is 15.6 Å². The summed E-state index contributed by atoms with van der Waals surface area (Å²) in [5.41, 5.74) is 4.97. The van der Waals surface area contributed by atoms with Crippen molar-refractivity contribution in [3.8, 4) is 5.75 Å². The highest BCUT2D eigenvalue weighted by Gasteiger charge is 2.17. The van der Waals surface area contributed by atoms with Crippen LogP contribution >= 0.6 is 11.8 Å². The summed E-state index contributed by atoms with van der Waals surface area (Å²) in [4.78, 5) is 24.9. The highest BCUT2D eigenvalue weighted by atomic mass is 32.2. The zero-order valence-electron chi connectivity index (χ0n) is 13.2. The summed E-state index contributed by atoms with van der Waals surface area (Å²) in [6, 6.07) is 12.7. The predicted octanol–water partition coefficient (Wildman–Crippen LogP) is 2.78. The molecule has 24 heavy (non-hydrogen) atoms. The fraction of sp³-hybridized carbons (Fsp3) is 0.176. The molecule has 2 aromatic carbocycles. The highest BCUT2D eigenvalue weighted by Crippen LogP contribution is 2.17. The molecular formula is C17H17FN2O3S. The van der Waals surface area contributed by atoms with Gasteiger partial charge in [-0.3, -0.25) is 20.4 Å². The van der Waals surface area contributed by atoms with E-state index >= 15 is 0 Å². The van der Waals surface area contributed by atoms with E-state index in [0.717, 1.165) is 4.90 Å². The Bertz CT molecular complexity index is 722. The summed E-state index contributed by atoms with van der Waals surface area (Å²) in [7, 11) is 0. The zero-order chi connectivity index (χ0) is 17.5. The first kappa shape index (κ1) is 17.8. The second-order valence-electron chi connectivity index (χ2n) is 4.86. The molecule has 0 heterocycles. The zero-order valence-corrected chi connectivity index (χ0v) is 14.0. The van der Waals surface area contributed by atoms with Crippen molar-refractivity contribution >= 4 is 23.6 Å². The first-order chi connectivity index (χ1) is 11.5. The van der Waals surface area contributed by atoms with E-state index in [0.29, 0.717) is 5.56 Å². The summed E-state index contributed by atoms with van der Waals surface area (Å²) in [5, 5.41) is 0. The maximum atomic E-state index is 13.5. The van der Waals surface area contributed by atoms with E-state index in [4.69, 9.17) is 4.74 Å². The highest BCUT2D eigenvalue weighted by molar-refractivity contribution is 7.98. The molecule has 2 N–H and O–H groups in total. The van der Waals surface area contributed by atoms with Gasteiger partial charge in [-0.25, -0.2) is 4.39 Å². The maximum absolute atomic E-state index is 13.5. The van der Waals surface area contributed by atoms with Crippen molar-refractivity contribution in [2.75, 3.05) is 6.26 Å². The van der Waals surface area contributed by atoms with Crippen molar-refractivity contribution in [2.24, 2.45) is 0 Å². The fourth-order valence-corrected chi connectivity index (χ4v) is 2.23. The number of hydrazine groups is 1. The smallest absolute Gasteiger partial charge is 0.279 e. The van der Waals surface area contributed by atoms with Gasteiger partial charge < -0.3 is 4.74 Å². The molecule has 0 saturated heterocycles. The summed E-state index contributed by atoms with van der Waals surface area (Å²) >= 11 is 1.56. The van der Waals surface area contributed by atoms with Gasteiger partial charge in [0, 0.05) is 10.5 Å². The Balaban J connectivity index is 1.87. The Morgan fingerprint density at radius 2 is 1.75 bits per heavy atom. The van der Waals surface area contributed by atoms with Gasteiger partial charge in [0.1, 0.15) is 0 Å². The largest absolute Gasteiger partial charge is 0.478 e. The van der Waals surface area contributed by atoms with Gasteiger partial charge in [0.15, 0.2) is 17.7 Å². The van der Waals surface area contributed by atoms with E-state index in [1.807, 2.05) is 18.4 Å². The summed E-state index contributed by atoms with van der Waals surface area (Å²) < 4.78 is 18.7. The fourth-order valence-electron chi connectivity index (χ4n) is 1.82. The summed E-state index contributed by atoms with van der Waals surface area (Å²) in [6.45, 7) is 1.46. The Kier molecular flexibility index (Phi) is 6.20. The molecule has 0 bridgehead atoms. The average Bonchev–Trinajstić information content (AvgIpc) is 2.61. The standard InChI is InChI=1S/C17H17FN2O3S/c1-11(23-15-6-4-3-5-14(15)18)16(21)19-20-17(22)12-7-9-13(24-2)10-8-12/h3-11H,1-2H3,(H,19,21)(H,20,22)/t11-/m1/s1. The number of hydrogen-bond donors (Lipinski definition) is 2. The number of ether oxygens (including phenoxy) is 1. The second-order valence-corrected chi connectivity index (χ2v) is 5.74. The van der Waals surface area contributed by atoms with E-state index in [1.54, 1.807) is 30.0 Å². The minimum Gasteiger partial charge on any atom is -0.478 e. The molecule has 0 unspecified atom stereocenters. The third-order valence-electron chi connectivity index (χ3n) is 3.16. The number of hydrogen-bond acceptors (Lipinski definition) is 4. The Morgan fingerprint density at radius 1 is 1.08 bits per heavy atom. The number of benzene rings is 2. The number of amides is 2. The van der Waals surface area contributed by atoms with Crippen LogP contribution in [0.25, 0.3) is 0 Å². The second kappa shape index (κ2) is 8.35. The molecule has 0 aromatic heterocycles. The summed E-state index contributed by atoms with van der Waals surface area (Å²) in [6.07, 6.45) is 0.966. The molecule has 2 rings (SSSR count). The minimum atomic E-state index is -0.971. The summed E-state index contributed by atoms with van der Waals surface area (Å²) in [5.74, 6) is -1.63. The van der Waals surface area contributed by atoms with Crippen LogP contribution in [0, 0.1) is 5.82 Å². The lowest BCUT2D eigenvalue weighted by atomic mass is 10.2. The maximum Gasteiger partial charge on any atom is 0.279 e. The molecule has 7 heteroatoms. The van der Waals surface area contributed by atoms with Gasteiger partial charge >= 0.3 is 0 Å². The van der Waals surface area contributed by atoms with Crippen molar-refractivity contribution in [3.05, 3.63) is 59.9 Å². The Morgan fingerprint density at radius 3 is 2.38 bits per heavy atom. The molecule has 0 aliphatic carbocycles. The first-order valence-electron chi connectivity index (χ1n) is 7.16. The van der Waals surface area contributed by atoms with E-state index in [2.05, 4.69) is 10.9 Å². The third-order valence-corrected chi connectivity index (χ3v) is 3.90. The van der Waals surface area contributed by atoms with Gasteiger partial charge in [0.25, 0.3) is 11.8 Å². The molecule has 0 aliphatic rings. The average molecular weight is 348 g/mol. The topological polar surface area (TPSA) is 67.4 Å². The van der Waals surface area contributed by atoms with Crippen molar-refractivity contribution in [1.29, 1.82) is 0 Å².